The van der Waals surface area contributed by atoms with Crippen LogP contribution in [0.3, 0.4) is 0 Å². The van der Waals surface area contributed by atoms with Crippen LogP contribution < -0.4 is 5.32 Å². The Morgan fingerprint density at radius 3 is 2.79 bits per heavy atom. The standard InChI is InChI=1S/C14H19ClFNO2/c1-14(2,6-7-19-3)9-17-13(18)11-8-10(15)4-5-12(11)16/h4-5,8H,6-7,9H2,1-3H3,(H,17,18). The molecule has 1 rings (SSSR count). The zero-order chi connectivity index (χ0) is 14.5. The molecule has 106 valence electrons. The summed E-state index contributed by atoms with van der Waals surface area (Å²) in [5.41, 5.74) is -0.143. The minimum Gasteiger partial charge on any atom is -0.385 e. The molecule has 1 amide bonds. The molecule has 0 fully saturated rings. The van der Waals surface area contributed by atoms with Crippen LogP contribution in [0.4, 0.5) is 4.39 Å². The van der Waals surface area contributed by atoms with Crippen molar-refractivity contribution in [2.75, 3.05) is 20.3 Å². The van der Waals surface area contributed by atoms with Gasteiger partial charge in [0.25, 0.3) is 5.91 Å². The van der Waals surface area contributed by atoms with E-state index in [0.29, 0.717) is 18.2 Å². The number of hydrogen-bond acceptors (Lipinski definition) is 2. The highest BCUT2D eigenvalue weighted by atomic mass is 35.5. The van der Waals surface area contributed by atoms with Crippen LogP contribution in [0, 0.1) is 11.2 Å². The van der Waals surface area contributed by atoms with Gasteiger partial charge in [0.2, 0.25) is 0 Å². The van der Waals surface area contributed by atoms with E-state index in [4.69, 9.17) is 16.3 Å². The second kappa shape index (κ2) is 6.87. The molecule has 0 radical (unpaired) electrons. The summed E-state index contributed by atoms with van der Waals surface area (Å²) in [6.07, 6.45) is 0.807. The number of amides is 1. The van der Waals surface area contributed by atoms with E-state index in [9.17, 15) is 9.18 Å². The number of hydrogen-bond donors (Lipinski definition) is 1. The van der Waals surface area contributed by atoms with Crippen molar-refractivity contribution in [3.05, 3.63) is 34.6 Å². The van der Waals surface area contributed by atoms with Gasteiger partial charge in [-0.1, -0.05) is 25.4 Å². The fourth-order valence-electron chi connectivity index (χ4n) is 1.55. The van der Waals surface area contributed by atoms with Crippen molar-refractivity contribution in [1.82, 2.24) is 5.32 Å². The molecule has 1 aromatic carbocycles. The topological polar surface area (TPSA) is 38.3 Å². The number of halogens is 2. The lowest BCUT2D eigenvalue weighted by atomic mass is 9.89. The Labute approximate surface area is 118 Å². The Balaban J connectivity index is 2.62. The zero-order valence-electron chi connectivity index (χ0n) is 11.4. The molecule has 0 unspecified atom stereocenters. The van der Waals surface area contributed by atoms with E-state index in [1.807, 2.05) is 13.8 Å². The predicted molar refractivity (Wildman–Crippen MR) is 74.0 cm³/mol. The van der Waals surface area contributed by atoms with Gasteiger partial charge in [-0.15, -0.1) is 0 Å². The average Bonchev–Trinajstić information content (AvgIpc) is 2.36. The Kier molecular flexibility index (Phi) is 5.76. The third-order valence-electron chi connectivity index (χ3n) is 2.88. The molecule has 0 aliphatic heterocycles. The highest BCUT2D eigenvalue weighted by molar-refractivity contribution is 6.30. The molecule has 0 aromatic heterocycles. The van der Waals surface area contributed by atoms with Gasteiger partial charge >= 0.3 is 0 Å². The third kappa shape index (κ3) is 5.17. The van der Waals surface area contributed by atoms with Gasteiger partial charge < -0.3 is 10.1 Å². The van der Waals surface area contributed by atoms with Gasteiger partial charge in [0.15, 0.2) is 0 Å². The Hall–Kier alpha value is -1.13. The molecular weight excluding hydrogens is 269 g/mol. The Bertz CT molecular complexity index is 449. The van der Waals surface area contributed by atoms with Gasteiger partial charge in [-0.2, -0.15) is 0 Å². The summed E-state index contributed by atoms with van der Waals surface area (Å²) >= 11 is 5.76. The first-order valence-electron chi connectivity index (χ1n) is 6.08. The molecule has 1 N–H and O–H groups in total. The highest BCUT2D eigenvalue weighted by Crippen LogP contribution is 2.20. The first kappa shape index (κ1) is 15.9. The summed E-state index contributed by atoms with van der Waals surface area (Å²) in [4.78, 5) is 11.9. The Morgan fingerprint density at radius 2 is 2.16 bits per heavy atom. The van der Waals surface area contributed by atoms with Gasteiger partial charge in [0.1, 0.15) is 5.82 Å². The first-order valence-corrected chi connectivity index (χ1v) is 6.46. The van der Waals surface area contributed by atoms with Crippen molar-refractivity contribution in [1.29, 1.82) is 0 Å². The van der Waals surface area contributed by atoms with E-state index < -0.39 is 11.7 Å². The predicted octanol–water partition coefficient (Wildman–Crippen LogP) is 3.27. The molecule has 0 heterocycles. The largest absolute Gasteiger partial charge is 0.385 e. The molecule has 0 atom stereocenters. The normalized spacial score (nSPS) is 11.4. The maximum Gasteiger partial charge on any atom is 0.254 e. The average molecular weight is 288 g/mol. The monoisotopic (exact) mass is 287 g/mol. The lowest BCUT2D eigenvalue weighted by molar-refractivity contribution is 0.0917. The fourth-order valence-corrected chi connectivity index (χ4v) is 1.73. The molecule has 3 nitrogen and oxygen atoms in total. The first-order chi connectivity index (χ1) is 8.85. The van der Waals surface area contributed by atoms with Gasteiger partial charge in [-0.05, 0) is 30.0 Å². The second-order valence-electron chi connectivity index (χ2n) is 5.21. The lowest BCUT2D eigenvalue weighted by Gasteiger charge is -2.24. The van der Waals surface area contributed by atoms with Crippen molar-refractivity contribution in [2.24, 2.45) is 5.41 Å². The van der Waals surface area contributed by atoms with E-state index in [1.165, 1.54) is 18.2 Å². The maximum absolute atomic E-state index is 13.5. The van der Waals surface area contributed by atoms with Crippen LogP contribution >= 0.6 is 11.6 Å². The van der Waals surface area contributed by atoms with Crippen LogP contribution in [-0.2, 0) is 4.74 Å². The van der Waals surface area contributed by atoms with E-state index >= 15 is 0 Å². The minimum absolute atomic E-state index is 0.0324. The molecular formula is C14H19ClFNO2. The van der Waals surface area contributed by atoms with Crippen molar-refractivity contribution < 1.29 is 13.9 Å². The number of nitrogens with one attached hydrogen (secondary N) is 1. The number of methoxy groups -OCH3 is 1. The van der Waals surface area contributed by atoms with Gasteiger partial charge in [-0.3, -0.25) is 4.79 Å². The second-order valence-corrected chi connectivity index (χ2v) is 5.65. The molecule has 19 heavy (non-hydrogen) atoms. The van der Waals surface area contributed by atoms with Crippen molar-refractivity contribution >= 4 is 17.5 Å². The molecule has 0 saturated carbocycles. The molecule has 0 aliphatic rings. The SMILES string of the molecule is COCCC(C)(C)CNC(=O)c1cc(Cl)ccc1F. The molecule has 0 spiro atoms. The number of carbonyl (C=O) groups excluding carboxylic acids is 1. The van der Waals surface area contributed by atoms with Crippen LogP contribution in [0.15, 0.2) is 18.2 Å². The molecule has 0 bridgehead atoms. The van der Waals surface area contributed by atoms with E-state index in [0.717, 1.165) is 6.42 Å². The van der Waals surface area contributed by atoms with Gasteiger partial charge in [-0.25, -0.2) is 4.39 Å². The van der Waals surface area contributed by atoms with E-state index in [2.05, 4.69) is 5.32 Å². The highest BCUT2D eigenvalue weighted by Gasteiger charge is 2.20. The Morgan fingerprint density at radius 1 is 1.47 bits per heavy atom. The lowest BCUT2D eigenvalue weighted by Crippen LogP contribution is -2.35. The van der Waals surface area contributed by atoms with Crippen molar-refractivity contribution in [2.45, 2.75) is 20.3 Å². The number of ether oxygens (including phenoxy) is 1. The summed E-state index contributed by atoms with van der Waals surface area (Å²) < 4.78 is 18.5. The molecule has 1 aromatic rings. The van der Waals surface area contributed by atoms with Crippen LogP contribution in [-0.4, -0.2) is 26.2 Å². The number of rotatable bonds is 6. The number of benzene rings is 1. The fraction of sp³-hybridized carbons (Fsp3) is 0.500. The van der Waals surface area contributed by atoms with Crippen molar-refractivity contribution in [3.63, 3.8) is 0 Å². The summed E-state index contributed by atoms with van der Waals surface area (Å²) in [6.45, 7) is 5.09. The summed E-state index contributed by atoms with van der Waals surface area (Å²) in [5, 5.41) is 3.06. The summed E-state index contributed by atoms with van der Waals surface area (Å²) in [5.74, 6) is -1.03. The minimum atomic E-state index is -0.573. The van der Waals surface area contributed by atoms with E-state index in [1.54, 1.807) is 7.11 Å². The molecule has 0 saturated heterocycles. The maximum atomic E-state index is 13.5. The van der Waals surface area contributed by atoms with Crippen LogP contribution in [0.5, 0.6) is 0 Å². The van der Waals surface area contributed by atoms with Crippen LogP contribution in [0.25, 0.3) is 0 Å². The van der Waals surface area contributed by atoms with E-state index in [-0.39, 0.29) is 11.0 Å². The summed E-state index contributed by atoms with van der Waals surface area (Å²) in [7, 11) is 1.63. The zero-order valence-corrected chi connectivity index (χ0v) is 12.2. The quantitative estimate of drug-likeness (QED) is 0.872. The van der Waals surface area contributed by atoms with Gasteiger partial charge in [0, 0.05) is 25.3 Å². The van der Waals surface area contributed by atoms with Crippen LogP contribution in [0.2, 0.25) is 5.02 Å². The van der Waals surface area contributed by atoms with Gasteiger partial charge in [0.05, 0.1) is 5.56 Å². The van der Waals surface area contributed by atoms with Crippen molar-refractivity contribution in [3.8, 4) is 0 Å². The number of carbonyl (C=O) groups is 1. The molecule has 0 aliphatic carbocycles. The third-order valence-corrected chi connectivity index (χ3v) is 3.12. The molecule has 5 heteroatoms. The smallest absolute Gasteiger partial charge is 0.254 e. The van der Waals surface area contributed by atoms with Crippen LogP contribution in [0.1, 0.15) is 30.6 Å². The summed E-state index contributed by atoms with van der Waals surface area (Å²) in [6, 6.07) is 3.93.